The molecule has 1 aliphatic carbocycles. The van der Waals surface area contributed by atoms with Crippen LogP contribution in [0.1, 0.15) is 69.3 Å². The summed E-state index contributed by atoms with van der Waals surface area (Å²) in [6.45, 7) is 4.50. The summed E-state index contributed by atoms with van der Waals surface area (Å²) in [5, 5.41) is 14.4. The number of aromatic amines is 1. The predicted molar refractivity (Wildman–Crippen MR) is 135 cm³/mol. The molecule has 3 heterocycles. The summed E-state index contributed by atoms with van der Waals surface area (Å²) in [6.07, 6.45) is 5.88. The van der Waals surface area contributed by atoms with Crippen molar-refractivity contribution in [2.24, 2.45) is 0 Å². The van der Waals surface area contributed by atoms with Gasteiger partial charge in [-0.3, -0.25) is 4.79 Å². The fraction of sp³-hybridized carbons (Fsp3) is 0.560. The first-order valence-corrected chi connectivity index (χ1v) is 14.2. The Labute approximate surface area is 210 Å². The summed E-state index contributed by atoms with van der Waals surface area (Å²) >= 11 is 0. The maximum Gasteiger partial charge on any atom is 0.277 e. The zero-order valence-electron chi connectivity index (χ0n) is 20.7. The predicted octanol–water partition coefficient (Wildman–Crippen LogP) is 2.98. The van der Waals surface area contributed by atoms with E-state index in [9.17, 15) is 18.3 Å². The van der Waals surface area contributed by atoms with Crippen LogP contribution >= 0.6 is 0 Å². The minimum atomic E-state index is -3.75. The van der Waals surface area contributed by atoms with Gasteiger partial charge in [0.15, 0.2) is 11.3 Å². The monoisotopic (exact) mass is 515 g/mol. The Bertz CT molecular complexity index is 1420. The minimum absolute atomic E-state index is 0.105. The van der Waals surface area contributed by atoms with E-state index >= 15 is 0 Å². The lowest BCUT2D eigenvalue weighted by molar-refractivity contribution is 0.113. The number of aryl methyl sites for hydroxylation is 1. The number of hydrogen-bond acceptors (Lipinski definition) is 7. The van der Waals surface area contributed by atoms with E-state index in [0.717, 1.165) is 31.4 Å². The van der Waals surface area contributed by atoms with E-state index in [2.05, 4.69) is 10.1 Å². The van der Waals surface area contributed by atoms with Crippen LogP contribution in [0.15, 0.2) is 27.9 Å². The van der Waals surface area contributed by atoms with E-state index in [1.54, 1.807) is 10.6 Å². The molecule has 1 aliphatic heterocycles. The molecule has 0 bridgehead atoms. The number of piperidine rings is 1. The summed E-state index contributed by atoms with van der Waals surface area (Å²) in [7, 11) is -3.75. The van der Waals surface area contributed by atoms with Crippen LogP contribution in [0, 0.1) is 6.92 Å². The Morgan fingerprint density at radius 2 is 1.86 bits per heavy atom. The Morgan fingerprint density at radius 3 is 2.56 bits per heavy atom. The third-order valence-electron chi connectivity index (χ3n) is 7.25. The van der Waals surface area contributed by atoms with Crippen molar-refractivity contribution in [3.63, 3.8) is 0 Å². The second-order valence-corrected chi connectivity index (χ2v) is 11.6. The molecular formula is C25H33N5O5S. The number of nitrogens with one attached hydrogen (secondary N) is 1. The quantitative estimate of drug-likeness (QED) is 0.516. The zero-order chi connectivity index (χ0) is 25.4. The lowest BCUT2D eigenvalue weighted by Gasteiger charge is -2.29. The Kier molecular flexibility index (Phi) is 6.88. The molecule has 0 amide bonds. The first-order chi connectivity index (χ1) is 17.3. The first-order valence-electron chi connectivity index (χ1n) is 12.7. The smallest absolute Gasteiger partial charge is 0.277 e. The van der Waals surface area contributed by atoms with Crippen molar-refractivity contribution < 1.29 is 18.3 Å². The third kappa shape index (κ3) is 4.55. The van der Waals surface area contributed by atoms with Crippen molar-refractivity contribution in [3.05, 3.63) is 40.1 Å². The van der Waals surface area contributed by atoms with Crippen molar-refractivity contribution in [2.75, 3.05) is 19.7 Å². The van der Waals surface area contributed by atoms with Crippen molar-refractivity contribution in [2.45, 2.75) is 75.7 Å². The van der Waals surface area contributed by atoms with Gasteiger partial charge in [-0.2, -0.15) is 4.31 Å². The summed E-state index contributed by atoms with van der Waals surface area (Å²) in [4.78, 5) is 21.0. The van der Waals surface area contributed by atoms with Crippen molar-refractivity contribution in [1.82, 2.24) is 23.9 Å². The van der Waals surface area contributed by atoms with Gasteiger partial charge in [0.25, 0.3) is 5.56 Å². The van der Waals surface area contributed by atoms with Crippen molar-refractivity contribution in [1.29, 1.82) is 0 Å². The standard InChI is InChI=1S/C25H33N5O5S/c1-3-35-21-15-19(36(33,34)29-13-11-18(31)12-14-29)9-10-20(21)24-27-25(32)23-22(17-7-5-4-6-8-17)26-16(2)30(23)28-24/h9-10,15,17-18,31H,3-8,11-14H2,1-2H3,(H,27,28,32). The van der Waals surface area contributed by atoms with Gasteiger partial charge in [0.2, 0.25) is 10.0 Å². The van der Waals surface area contributed by atoms with Gasteiger partial charge in [0, 0.05) is 25.1 Å². The molecule has 11 heteroatoms. The normalized spacial score (nSPS) is 18.6. The number of sulfonamides is 1. The van der Waals surface area contributed by atoms with Crippen LogP contribution < -0.4 is 10.3 Å². The summed E-state index contributed by atoms with van der Waals surface area (Å²) < 4.78 is 35.2. The van der Waals surface area contributed by atoms with Crippen molar-refractivity contribution in [3.8, 4) is 17.1 Å². The van der Waals surface area contributed by atoms with Crippen molar-refractivity contribution >= 4 is 15.5 Å². The minimum Gasteiger partial charge on any atom is -0.493 e. The number of aliphatic hydroxyl groups is 1. The van der Waals surface area contributed by atoms with Crippen LogP contribution in [0.2, 0.25) is 0 Å². The van der Waals surface area contributed by atoms with Gasteiger partial charge in [0.05, 0.1) is 28.9 Å². The molecule has 2 fully saturated rings. The second kappa shape index (κ2) is 9.95. The summed E-state index contributed by atoms with van der Waals surface area (Å²) in [6, 6.07) is 4.61. The molecular weight excluding hydrogens is 482 g/mol. The highest BCUT2D eigenvalue weighted by Gasteiger charge is 2.30. The van der Waals surface area contributed by atoms with E-state index in [1.807, 2.05) is 13.8 Å². The van der Waals surface area contributed by atoms with Gasteiger partial charge < -0.3 is 14.8 Å². The highest BCUT2D eigenvalue weighted by Crippen LogP contribution is 2.35. The van der Waals surface area contributed by atoms with Crippen LogP contribution in [-0.4, -0.2) is 63.2 Å². The number of hydrogen-bond donors (Lipinski definition) is 2. The maximum absolute atomic E-state index is 13.3. The number of aromatic nitrogens is 4. The van der Waals surface area contributed by atoms with E-state index in [4.69, 9.17) is 9.72 Å². The van der Waals surface area contributed by atoms with E-state index in [0.29, 0.717) is 42.1 Å². The van der Waals surface area contributed by atoms with Crippen LogP contribution in [0.3, 0.4) is 0 Å². The van der Waals surface area contributed by atoms with Gasteiger partial charge in [-0.05, 0) is 51.7 Å². The summed E-state index contributed by atoms with van der Waals surface area (Å²) in [5.74, 6) is 1.51. The Hall–Kier alpha value is -2.76. The fourth-order valence-corrected chi connectivity index (χ4v) is 6.80. The molecule has 0 atom stereocenters. The number of imidazole rings is 1. The van der Waals surface area contributed by atoms with Crippen LogP contribution in [0.25, 0.3) is 16.9 Å². The average molecular weight is 516 g/mol. The summed E-state index contributed by atoms with van der Waals surface area (Å²) in [5.41, 5.74) is 1.52. The molecule has 0 unspecified atom stereocenters. The SMILES string of the molecule is CCOc1cc(S(=O)(=O)N2CCC(O)CC2)ccc1-c1nn2c(C)nc(C3CCCCC3)c2c(=O)[nH]1. The van der Waals surface area contributed by atoms with Crippen LogP contribution in [0.5, 0.6) is 5.75 Å². The molecule has 1 saturated heterocycles. The largest absolute Gasteiger partial charge is 0.493 e. The molecule has 1 saturated carbocycles. The number of fused-ring (bicyclic) bond motifs is 1. The van der Waals surface area contributed by atoms with E-state index < -0.39 is 16.1 Å². The number of ether oxygens (including phenoxy) is 1. The number of rotatable bonds is 6. The Morgan fingerprint density at radius 1 is 1.14 bits per heavy atom. The number of benzene rings is 1. The molecule has 10 nitrogen and oxygen atoms in total. The highest BCUT2D eigenvalue weighted by atomic mass is 32.2. The first kappa shape index (κ1) is 24.9. The molecule has 2 N–H and O–H groups in total. The molecule has 0 spiro atoms. The molecule has 2 aliphatic rings. The molecule has 36 heavy (non-hydrogen) atoms. The number of H-pyrrole nitrogens is 1. The van der Waals surface area contributed by atoms with Gasteiger partial charge in [-0.25, -0.2) is 17.9 Å². The topological polar surface area (TPSA) is 130 Å². The average Bonchev–Trinajstić information content (AvgIpc) is 3.22. The van der Waals surface area contributed by atoms with Crippen LogP contribution in [0.4, 0.5) is 0 Å². The van der Waals surface area contributed by atoms with Gasteiger partial charge >= 0.3 is 0 Å². The second-order valence-electron chi connectivity index (χ2n) is 9.67. The van der Waals surface area contributed by atoms with Gasteiger partial charge in [-0.1, -0.05) is 19.3 Å². The molecule has 194 valence electrons. The third-order valence-corrected chi connectivity index (χ3v) is 9.15. The number of aliphatic hydroxyl groups excluding tert-OH is 1. The Balaban J connectivity index is 1.55. The zero-order valence-corrected chi connectivity index (χ0v) is 21.6. The maximum atomic E-state index is 13.3. The van der Waals surface area contributed by atoms with Gasteiger partial charge in [0.1, 0.15) is 11.6 Å². The lowest BCUT2D eigenvalue weighted by Crippen LogP contribution is -2.40. The number of nitrogens with zero attached hydrogens (tertiary/aromatic N) is 4. The van der Waals surface area contributed by atoms with Crippen LogP contribution in [-0.2, 0) is 10.0 Å². The molecule has 0 radical (unpaired) electrons. The van der Waals surface area contributed by atoms with E-state index in [1.165, 1.54) is 22.9 Å². The van der Waals surface area contributed by atoms with E-state index in [-0.39, 0.29) is 35.3 Å². The lowest BCUT2D eigenvalue weighted by atomic mass is 9.87. The molecule has 1 aromatic carbocycles. The molecule has 3 aromatic rings. The van der Waals surface area contributed by atoms with Gasteiger partial charge in [-0.15, -0.1) is 5.10 Å². The highest BCUT2D eigenvalue weighted by molar-refractivity contribution is 7.89. The fourth-order valence-electron chi connectivity index (χ4n) is 5.32. The molecule has 2 aromatic heterocycles. The molecule has 5 rings (SSSR count).